The molecule has 0 aliphatic rings. The molecular formula is C20H21FN2O2S. The molecule has 2 aromatic heterocycles. The van der Waals surface area contributed by atoms with Crippen molar-refractivity contribution in [1.82, 2.24) is 9.88 Å². The quantitative estimate of drug-likeness (QED) is 0.733. The lowest BCUT2D eigenvalue weighted by Crippen LogP contribution is -2.27. The molecule has 0 fully saturated rings. The largest absolute Gasteiger partial charge is 0.348 e. The molecule has 0 saturated carbocycles. The number of halogens is 1. The molecule has 26 heavy (non-hydrogen) atoms. The van der Waals surface area contributed by atoms with Crippen molar-refractivity contribution in [3.8, 4) is 0 Å². The van der Waals surface area contributed by atoms with Crippen LogP contribution in [-0.2, 0) is 13.1 Å². The first-order chi connectivity index (χ1) is 12.4. The second-order valence-corrected chi connectivity index (χ2v) is 8.01. The van der Waals surface area contributed by atoms with E-state index in [9.17, 15) is 14.0 Å². The predicted octanol–water partition coefficient (Wildman–Crippen LogP) is 4.10. The van der Waals surface area contributed by atoms with Crippen LogP contribution in [0.4, 0.5) is 4.39 Å². The number of hydrogen-bond acceptors (Lipinski definition) is 3. The van der Waals surface area contributed by atoms with Gasteiger partial charge in [-0.1, -0.05) is 26.0 Å². The minimum absolute atomic E-state index is 0.132. The van der Waals surface area contributed by atoms with E-state index in [0.717, 1.165) is 15.1 Å². The zero-order chi connectivity index (χ0) is 18.8. The highest BCUT2D eigenvalue weighted by Gasteiger charge is 2.20. The van der Waals surface area contributed by atoms with E-state index in [1.807, 2.05) is 26.8 Å². The minimum atomic E-state index is -0.314. The van der Waals surface area contributed by atoms with Crippen molar-refractivity contribution < 1.29 is 9.18 Å². The fourth-order valence-corrected chi connectivity index (χ4v) is 4.00. The highest BCUT2D eigenvalue weighted by atomic mass is 32.1. The third-order valence-corrected chi connectivity index (χ3v) is 5.22. The summed E-state index contributed by atoms with van der Waals surface area (Å²) in [4.78, 5) is 26.4. The molecule has 6 heteroatoms. The Bertz CT molecular complexity index is 1000. The van der Waals surface area contributed by atoms with Crippen LogP contribution in [0.25, 0.3) is 10.1 Å². The van der Waals surface area contributed by atoms with E-state index in [4.69, 9.17) is 0 Å². The van der Waals surface area contributed by atoms with Gasteiger partial charge in [-0.05, 0) is 36.6 Å². The lowest BCUT2D eigenvalue weighted by Gasteiger charge is -2.09. The molecule has 3 rings (SSSR count). The number of amides is 1. The van der Waals surface area contributed by atoms with Crippen LogP contribution < -0.4 is 10.9 Å². The van der Waals surface area contributed by atoms with Gasteiger partial charge in [0.2, 0.25) is 0 Å². The molecule has 0 radical (unpaired) electrons. The summed E-state index contributed by atoms with van der Waals surface area (Å²) >= 11 is 1.45. The Morgan fingerprint density at radius 1 is 1.23 bits per heavy atom. The molecule has 136 valence electrons. The lowest BCUT2D eigenvalue weighted by molar-refractivity contribution is 0.0952. The molecule has 3 aromatic rings. The molecule has 0 unspecified atom stereocenters. The number of nitrogens with zero attached hydrogens (tertiary/aromatic N) is 1. The maximum atomic E-state index is 13.0. The zero-order valence-corrected chi connectivity index (χ0v) is 15.8. The van der Waals surface area contributed by atoms with E-state index in [1.165, 1.54) is 23.5 Å². The Morgan fingerprint density at radius 3 is 2.58 bits per heavy atom. The second-order valence-electron chi connectivity index (χ2n) is 6.75. The van der Waals surface area contributed by atoms with Crippen molar-refractivity contribution in [3.05, 3.63) is 68.7 Å². The number of aryl methyl sites for hydroxylation is 1. The molecule has 2 heterocycles. The zero-order valence-electron chi connectivity index (χ0n) is 15.0. The highest BCUT2D eigenvalue weighted by molar-refractivity contribution is 7.19. The SMILES string of the molecule is Cc1sc2ccn(CC(C)C)c(=O)c2c1C(=O)NCc1ccc(F)cc1. The number of rotatable bonds is 5. The third-order valence-electron chi connectivity index (χ3n) is 4.15. The first-order valence-electron chi connectivity index (χ1n) is 8.52. The first-order valence-corrected chi connectivity index (χ1v) is 9.33. The maximum Gasteiger partial charge on any atom is 0.260 e. The van der Waals surface area contributed by atoms with Gasteiger partial charge < -0.3 is 9.88 Å². The Kier molecular flexibility index (Phi) is 5.23. The van der Waals surface area contributed by atoms with Crippen LogP contribution >= 0.6 is 11.3 Å². The Labute approximate surface area is 155 Å². The van der Waals surface area contributed by atoms with Gasteiger partial charge >= 0.3 is 0 Å². The average Bonchev–Trinajstić information content (AvgIpc) is 2.93. The van der Waals surface area contributed by atoms with Gasteiger partial charge in [0.05, 0.1) is 10.9 Å². The summed E-state index contributed by atoms with van der Waals surface area (Å²) < 4.78 is 15.5. The summed E-state index contributed by atoms with van der Waals surface area (Å²) in [6.45, 7) is 6.84. The molecule has 0 saturated heterocycles. The van der Waals surface area contributed by atoms with Crippen LogP contribution in [0.3, 0.4) is 0 Å². The van der Waals surface area contributed by atoms with Crippen LogP contribution in [0.5, 0.6) is 0 Å². The molecule has 0 atom stereocenters. The summed E-state index contributed by atoms with van der Waals surface area (Å²) in [5.41, 5.74) is 1.11. The third kappa shape index (κ3) is 3.70. The van der Waals surface area contributed by atoms with Gasteiger partial charge in [-0.25, -0.2) is 4.39 Å². The summed E-state index contributed by atoms with van der Waals surface area (Å²) in [7, 11) is 0. The van der Waals surface area contributed by atoms with E-state index in [2.05, 4.69) is 5.32 Å². The van der Waals surface area contributed by atoms with E-state index < -0.39 is 0 Å². The van der Waals surface area contributed by atoms with Crippen molar-refractivity contribution in [3.63, 3.8) is 0 Å². The Hall–Kier alpha value is -2.47. The molecule has 1 amide bonds. The standard InChI is InChI=1S/C20H21FN2O2S/c1-12(2)11-23-9-8-16-18(20(23)25)17(13(3)26-16)19(24)22-10-14-4-6-15(21)7-5-14/h4-9,12H,10-11H2,1-3H3,(H,22,24). The van der Waals surface area contributed by atoms with Crippen LogP contribution in [0, 0.1) is 18.7 Å². The molecule has 0 aliphatic carbocycles. The van der Waals surface area contributed by atoms with Crippen molar-refractivity contribution in [1.29, 1.82) is 0 Å². The minimum Gasteiger partial charge on any atom is -0.348 e. The molecule has 0 bridgehead atoms. The van der Waals surface area contributed by atoms with Gasteiger partial charge in [-0.2, -0.15) is 0 Å². The van der Waals surface area contributed by atoms with E-state index in [0.29, 0.717) is 23.4 Å². The first kappa shape index (κ1) is 18.3. The number of thiophene rings is 1. The molecule has 4 nitrogen and oxygen atoms in total. The number of hydrogen-bond donors (Lipinski definition) is 1. The van der Waals surface area contributed by atoms with Gasteiger partial charge in [0.15, 0.2) is 0 Å². The second kappa shape index (κ2) is 7.41. The Morgan fingerprint density at radius 2 is 1.92 bits per heavy atom. The fourth-order valence-electron chi connectivity index (χ4n) is 2.95. The number of aromatic nitrogens is 1. The van der Waals surface area contributed by atoms with Crippen molar-refractivity contribution in [2.75, 3.05) is 0 Å². The van der Waals surface area contributed by atoms with E-state index >= 15 is 0 Å². The maximum absolute atomic E-state index is 13.0. The summed E-state index contributed by atoms with van der Waals surface area (Å²) in [6, 6.07) is 7.87. The highest BCUT2D eigenvalue weighted by Crippen LogP contribution is 2.28. The van der Waals surface area contributed by atoms with Gasteiger partial charge in [-0.15, -0.1) is 11.3 Å². The topological polar surface area (TPSA) is 51.1 Å². The summed E-state index contributed by atoms with van der Waals surface area (Å²) in [6.07, 6.45) is 1.79. The normalized spacial score (nSPS) is 11.3. The van der Waals surface area contributed by atoms with Crippen LogP contribution in [0.2, 0.25) is 0 Å². The molecule has 1 aromatic carbocycles. The monoisotopic (exact) mass is 372 g/mol. The number of pyridine rings is 1. The van der Waals surface area contributed by atoms with Crippen LogP contribution in [0.1, 0.15) is 34.6 Å². The Balaban J connectivity index is 1.92. The number of carbonyl (C=O) groups excluding carboxylic acids is 1. The van der Waals surface area contributed by atoms with Crippen LogP contribution in [0.15, 0.2) is 41.3 Å². The smallest absolute Gasteiger partial charge is 0.260 e. The van der Waals surface area contributed by atoms with Gasteiger partial charge in [-0.3, -0.25) is 9.59 Å². The van der Waals surface area contributed by atoms with E-state index in [-0.39, 0.29) is 23.8 Å². The van der Waals surface area contributed by atoms with Crippen molar-refractivity contribution in [2.45, 2.75) is 33.9 Å². The number of carbonyl (C=O) groups is 1. The van der Waals surface area contributed by atoms with Gasteiger partial charge in [0, 0.05) is 28.9 Å². The van der Waals surface area contributed by atoms with Gasteiger partial charge in [0.25, 0.3) is 11.5 Å². The van der Waals surface area contributed by atoms with Crippen LogP contribution in [-0.4, -0.2) is 10.5 Å². The van der Waals surface area contributed by atoms with Crippen molar-refractivity contribution >= 4 is 27.3 Å². The van der Waals surface area contributed by atoms with E-state index in [1.54, 1.807) is 22.9 Å². The molecule has 0 spiro atoms. The van der Waals surface area contributed by atoms with Crippen molar-refractivity contribution in [2.24, 2.45) is 5.92 Å². The number of fused-ring (bicyclic) bond motifs is 1. The lowest BCUT2D eigenvalue weighted by atomic mass is 10.1. The predicted molar refractivity (Wildman–Crippen MR) is 103 cm³/mol. The summed E-state index contributed by atoms with van der Waals surface area (Å²) in [5, 5.41) is 3.32. The molecule has 0 aliphatic heterocycles. The molecule has 1 N–H and O–H groups in total. The molecular weight excluding hydrogens is 351 g/mol. The summed E-state index contributed by atoms with van der Waals surface area (Å²) in [5.74, 6) is -0.261. The average molecular weight is 372 g/mol. The fraction of sp³-hybridized carbons (Fsp3) is 0.300. The number of nitrogens with one attached hydrogen (secondary N) is 1. The van der Waals surface area contributed by atoms with Gasteiger partial charge in [0.1, 0.15) is 5.82 Å². The number of benzene rings is 1.